The van der Waals surface area contributed by atoms with Gasteiger partial charge in [-0.15, -0.1) is 0 Å². The van der Waals surface area contributed by atoms with E-state index in [2.05, 4.69) is 5.32 Å². The van der Waals surface area contributed by atoms with E-state index in [0.29, 0.717) is 16.3 Å². The Morgan fingerprint density at radius 3 is 2.24 bits per heavy atom. The normalized spacial score (nSPS) is 14.7. The Morgan fingerprint density at radius 2 is 1.59 bits per heavy atom. The molecule has 41 heavy (non-hydrogen) atoms. The lowest BCUT2D eigenvalue weighted by Gasteiger charge is -2.34. The molecule has 2 amide bonds. The van der Waals surface area contributed by atoms with E-state index in [9.17, 15) is 18.0 Å². The first-order valence-corrected chi connectivity index (χ1v) is 15.9. The van der Waals surface area contributed by atoms with Crippen LogP contribution in [-0.4, -0.2) is 43.8 Å². The summed E-state index contributed by atoms with van der Waals surface area (Å²) < 4.78 is 29.0. The highest BCUT2D eigenvalue weighted by atomic mass is 35.5. The van der Waals surface area contributed by atoms with Gasteiger partial charge in [0.1, 0.15) is 12.6 Å². The zero-order chi connectivity index (χ0) is 29.6. The highest BCUT2D eigenvalue weighted by Gasteiger charge is 2.34. The number of aryl methyl sites for hydroxylation is 2. The Labute approximate surface area is 248 Å². The number of sulfonamides is 1. The van der Waals surface area contributed by atoms with Gasteiger partial charge in [0, 0.05) is 17.6 Å². The van der Waals surface area contributed by atoms with Crippen LogP contribution in [0.2, 0.25) is 5.02 Å². The average Bonchev–Trinajstić information content (AvgIpc) is 2.96. The Bertz CT molecular complexity index is 1470. The largest absolute Gasteiger partial charge is 0.352 e. The first kappa shape index (κ1) is 30.6. The number of carbonyl (C=O) groups is 2. The first-order valence-electron chi connectivity index (χ1n) is 14.1. The van der Waals surface area contributed by atoms with Crippen LogP contribution in [0, 0.1) is 13.8 Å². The fourth-order valence-corrected chi connectivity index (χ4v) is 6.98. The average molecular weight is 596 g/mol. The monoisotopic (exact) mass is 595 g/mol. The van der Waals surface area contributed by atoms with Crippen LogP contribution in [0.25, 0.3) is 0 Å². The lowest BCUT2D eigenvalue weighted by Crippen LogP contribution is -2.53. The third-order valence-electron chi connectivity index (χ3n) is 7.76. The molecule has 1 fully saturated rings. The van der Waals surface area contributed by atoms with E-state index in [-0.39, 0.29) is 23.4 Å². The molecule has 1 saturated carbocycles. The van der Waals surface area contributed by atoms with Gasteiger partial charge in [0.15, 0.2) is 0 Å². The van der Waals surface area contributed by atoms with Crippen LogP contribution in [-0.2, 0) is 26.2 Å². The summed E-state index contributed by atoms with van der Waals surface area (Å²) in [6.07, 6.45) is 5.14. The molecule has 0 spiro atoms. The van der Waals surface area contributed by atoms with Crippen LogP contribution in [0.5, 0.6) is 0 Å². The molecule has 1 unspecified atom stereocenters. The third-order valence-corrected chi connectivity index (χ3v) is 9.77. The van der Waals surface area contributed by atoms with Gasteiger partial charge in [-0.1, -0.05) is 73.3 Å². The van der Waals surface area contributed by atoms with Crippen molar-refractivity contribution in [1.82, 2.24) is 10.2 Å². The van der Waals surface area contributed by atoms with Crippen LogP contribution in [0.15, 0.2) is 77.7 Å². The molecule has 3 aromatic carbocycles. The lowest BCUT2D eigenvalue weighted by molar-refractivity contribution is -0.139. The maximum Gasteiger partial charge on any atom is 0.264 e. The molecule has 9 heteroatoms. The molecule has 1 aliphatic carbocycles. The van der Waals surface area contributed by atoms with Crippen LogP contribution in [0.3, 0.4) is 0 Å². The Hall–Kier alpha value is -3.36. The molecule has 4 rings (SSSR count). The number of halogens is 1. The molecule has 1 N–H and O–H groups in total. The summed E-state index contributed by atoms with van der Waals surface area (Å²) in [6, 6.07) is 19.9. The minimum absolute atomic E-state index is 0.0655. The fraction of sp³-hybridized carbons (Fsp3) is 0.375. The number of nitrogens with zero attached hydrogens (tertiary/aromatic N) is 2. The number of carbonyl (C=O) groups excluding carboxylic acids is 2. The van der Waals surface area contributed by atoms with E-state index in [4.69, 9.17) is 11.6 Å². The van der Waals surface area contributed by atoms with Crippen LogP contribution in [0.4, 0.5) is 5.69 Å². The van der Waals surface area contributed by atoms with Crippen LogP contribution in [0.1, 0.15) is 55.7 Å². The summed E-state index contributed by atoms with van der Waals surface area (Å²) in [4.78, 5) is 29.1. The summed E-state index contributed by atoms with van der Waals surface area (Å²) in [5.41, 5.74) is 2.82. The van der Waals surface area contributed by atoms with Gasteiger partial charge in [-0.3, -0.25) is 13.9 Å². The number of hydrogen-bond acceptors (Lipinski definition) is 4. The van der Waals surface area contributed by atoms with Crippen molar-refractivity contribution in [1.29, 1.82) is 0 Å². The van der Waals surface area contributed by atoms with Gasteiger partial charge in [-0.2, -0.15) is 0 Å². The molecule has 0 aromatic heterocycles. The highest BCUT2D eigenvalue weighted by molar-refractivity contribution is 7.92. The van der Waals surface area contributed by atoms with Gasteiger partial charge in [0.25, 0.3) is 10.0 Å². The molecule has 3 aromatic rings. The predicted molar refractivity (Wildman–Crippen MR) is 163 cm³/mol. The smallest absolute Gasteiger partial charge is 0.264 e. The molecule has 7 nitrogen and oxygen atoms in total. The minimum Gasteiger partial charge on any atom is -0.352 e. The van der Waals surface area contributed by atoms with Crippen molar-refractivity contribution >= 4 is 39.1 Å². The Balaban J connectivity index is 1.70. The molecular weight excluding hydrogens is 558 g/mol. The highest BCUT2D eigenvalue weighted by Crippen LogP contribution is 2.29. The number of anilines is 1. The first-order chi connectivity index (χ1) is 19.6. The van der Waals surface area contributed by atoms with Crippen molar-refractivity contribution in [2.24, 2.45) is 0 Å². The van der Waals surface area contributed by atoms with Crippen molar-refractivity contribution in [2.75, 3.05) is 10.8 Å². The third kappa shape index (κ3) is 7.49. The van der Waals surface area contributed by atoms with E-state index >= 15 is 0 Å². The molecule has 218 valence electrons. The summed E-state index contributed by atoms with van der Waals surface area (Å²) in [5, 5.41) is 3.59. The van der Waals surface area contributed by atoms with Gasteiger partial charge >= 0.3 is 0 Å². The Morgan fingerprint density at radius 1 is 0.927 bits per heavy atom. The quantitative estimate of drug-likeness (QED) is 0.311. The zero-order valence-electron chi connectivity index (χ0n) is 23.8. The fourth-order valence-electron chi connectivity index (χ4n) is 5.25. The Kier molecular flexibility index (Phi) is 10.1. The standard InChI is InChI=1S/C32H38ClN3O4S/c1-23-12-10-11-13-26(23)21-35(25(3)32(38)34-28-14-6-4-7-15-28)31(37)22-36(30-19-18-27(33)20-24(30)2)41(39,40)29-16-8-5-9-17-29/h5,8-13,16-20,25,28H,4,6-7,14-15,21-22H2,1-3H3,(H,34,38). The molecule has 0 heterocycles. The number of rotatable bonds is 10. The van der Waals surface area contributed by atoms with E-state index in [1.165, 1.54) is 17.0 Å². The summed E-state index contributed by atoms with van der Waals surface area (Å²) >= 11 is 6.18. The molecule has 0 saturated heterocycles. The lowest BCUT2D eigenvalue weighted by atomic mass is 9.95. The number of hydrogen-bond donors (Lipinski definition) is 1. The molecule has 1 aliphatic rings. The SMILES string of the molecule is Cc1ccccc1CN(C(=O)CN(c1ccc(Cl)cc1C)S(=O)(=O)c1ccccc1)C(C)C(=O)NC1CCCCC1. The zero-order valence-corrected chi connectivity index (χ0v) is 25.4. The van der Waals surface area contributed by atoms with Crippen LogP contribution >= 0.6 is 11.6 Å². The van der Waals surface area contributed by atoms with Crippen LogP contribution < -0.4 is 9.62 Å². The molecule has 0 bridgehead atoms. The second kappa shape index (κ2) is 13.5. The topological polar surface area (TPSA) is 86.8 Å². The number of nitrogens with one attached hydrogen (secondary N) is 1. The maximum absolute atomic E-state index is 14.2. The minimum atomic E-state index is -4.13. The maximum atomic E-state index is 14.2. The van der Waals surface area contributed by atoms with E-state index < -0.39 is 28.5 Å². The number of amides is 2. The molecule has 0 aliphatic heterocycles. The van der Waals surface area contributed by atoms with Gasteiger partial charge in [-0.05, 0) is 80.6 Å². The second-order valence-electron chi connectivity index (χ2n) is 10.7. The van der Waals surface area contributed by atoms with Gasteiger partial charge < -0.3 is 10.2 Å². The van der Waals surface area contributed by atoms with E-state index in [0.717, 1.165) is 47.5 Å². The summed E-state index contributed by atoms with van der Waals surface area (Å²) in [5.74, 6) is -0.715. The summed E-state index contributed by atoms with van der Waals surface area (Å²) in [6.45, 7) is 5.10. The van der Waals surface area contributed by atoms with Crippen molar-refractivity contribution in [3.05, 3.63) is 94.5 Å². The second-order valence-corrected chi connectivity index (χ2v) is 13.0. The molecule has 0 radical (unpaired) electrons. The van der Waals surface area contributed by atoms with Crippen molar-refractivity contribution in [2.45, 2.75) is 76.4 Å². The molecule has 1 atom stereocenters. The van der Waals surface area contributed by atoms with Gasteiger partial charge in [0.2, 0.25) is 11.8 Å². The number of benzene rings is 3. The van der Waals surface area contributed by atoms with E-state index in [1.807, 2.05) is 31.2 Å². The predicted octanol–water partition coefficient (Wildman–Crippen LogP) is 6.02. The van der Waals surface area contributed by atoms with Crippen molar-refractivity contribution in [3.8, 4) is 0 Å². The molecular formula is C32H38ClN3O4S. The van der Waals surface area contributed by atoms with Crippen molar-refractivity contribution in [3.63, 3.8) is 0 Å². The van der Waals surface area contributed by atoms with Gasteiger partial charge in [-0.25, -0.2) is 8.42 Å². The van der Waals surface area contributed by atoms with E-state index in [1.54, 1.807) is 50.2 Å². The summed E-state index contributed by atoms with van der Waals surface area (Å²) in [7, 11) is -4.13. The van der Waals surface area contributed by atoms with Gasteiger partial charge in [0.05, 0.1) is 10.6 Å². The van der Waals surface area contributed by atoms with Crippen molar-refractivity contribution < 1.29 is 18.0 Å².